The van der Waals surface area contributed by atoms with Crippen molar-refractivity contribution in [3.05, 3.63) is 65.4 Å². The van der Waals surface area contributed by atoms with E-state index in [1.54, 1.807) is 0 Å². The van der Waals surface area contributed by atoms with E-state index in [4.69, 9.17) is 0 Å². The maximum absolute atomic E-state index is 13.8. The number of unbranched alkanes of at least 4 members (excludes halogenated alkanes) is 1. The molecule has 1 aliphatic carbocycles. The molecule has 4 rings (SSSR count). The van der Waals surface area contributed by atoms with Crippen molar-refractivity contribution >= 4 is 28.8 Å². The number of benzene rings is 2. The van der Waals surface area contributed by atoms with E-state index in [1.165, 1.54) is 0 Å². The second-order valence-electron chi connectivity index (χ2n) is 10.5. The largest absolute Gasteiger partial charge is 0.372 e. The number of anilines is 3. The molecule has 5 nitrogen and oxygen atoms in total. The maximum atomic E-state index is 13.8. The van der Waals surface area contributed by atoms with Gasteiger partial charge in [-0.15, -0.1) is 0 Å². The van der Waals surface area contributed by atoms with E-state index in [-0.39, 0.29) is 17.1 Å². The highest BCUT2D eigenvalue weighted by atomic mass is 16.2. The van der Waals surface area contributed by atoms with Gasteiger partial charge in [-0.3, -0.25) is 14.5 Å². The quantitative estimate of drug-likeness (QED) is 0.477. The van der Waals surface area contributed by atoms with Crippen molar-refractivity contribution in [1.82, 2.24) is 0 Å². The Bertz CT molecular complexity index is 1110. The number of hydrogen-bond donors (Lipinski definition) is 1. The minimum atomic E-state index is -0.445. The Hall–Kier alpha value is -3.08. The highest BCUT2D eigenvalue weighted by Gasteiger charge is 2.43. The van der Waals surface area contributed by atoms with E-state index >= 15 is 0 Å². The van der Waals surface area contributed by atoms with Gasteiger partial charge in [0.1, 0.15) is 0 Å². The highest BCUT2D eigenvalue weighted by Crippen LogP contribution is 2.48. The average Bonchev–Trinajstić information content (AvgIpc) is 2.97. The topological polar surface area (TPSA) is 52.7 Å². The molecule has 35 heavy (non-hydrogen) atoms. The van der Waals surface area contributed by atoms with Gasteiger partial charge >= 0.3 is 0 Å². The molecule has 1 heterocycles. The third kappa shape index (κ3) is 5.00. The van der Waals surface area contributed by atoms with Crippen LogP contribution in [0.2, 0.25) is 0 Å². The van der Waals surface area contributed by atoms with E-state index < -0.39 is 6.04 Å². The molecule has 0 bridgehead atoms. The van der Waals surface area contributed by atoms with Gasteiger partial charge in [-0.2, -0.15) is 0 Å². The van der Waals surface area contributed by atoms with Crippen LogP contribution < -0.4 is 15.1 Å². The number of carbonyl (C=O) groups excluding carboxylic acids is 2. The van der Waals surface area contributed by atoms with Crippen molar-refractivity contribution in [3.63, 3.8) is 0 Å². The fourth-order valence-corrected chi connectivity index (χ4v) is 5.48. The number of Topliss-reactive ketones (excluding diaryl/α,β-unsaturated/α-hetero) is 1. The second kappa shape index (κ2) is 10.3. The molecule has 1 atom stereocenters. The zero-order valence-corrected chi connectivity index (χ0v) is 21.9. The lowest BCUT2D eigenvalue weighted by atomic mass is 9.73. The van der Waals surface area contributed by atoms with Gasteiger partial charge in [0.05, 0.1) is 17.4 Å². The molecule has 1 aliphatic heterocycles. The number of para-hydroxylation sites is 2. The Kier molecular flexibility index (Phi) is 7.34. The van der Waals surface area contributed by atoms with Crippen LogP contribution >= 0.6 is 0 Å². The Balaban J connectivity index is 1.91. The summed E-state index contributed by atoms with van der Waals surface area (Å²) in [5.41, 5.74) is 5.41. The van der Waals surface area contributed by atoms with Crippen LogP contribution in [0.25, 0.3) is 0 Å². The molecule has 0 saturated heterocycles. The fourth-order valence-electron chi connectivity index (χ4n) is 5.48. The Labute approximate surface area is 210 Å². The van der Waals surface area contributed by atoms with Gasteiger partial charge in [0.25, 0.3) is 0 Å². The van der Waals surface area contributed by atoms with E-state index in [9.17, 15) is 9.59 Å². The molecule has 2 aromatic rings. The first-order valence-electron chi connectivity index (χ1n) is 13.1. The minimum Gasteiger partial charge on any atom is -0.372 e. The second-order valence-corrected chi connectivity index (χ2v) is 10.5. The van der Waals surface area contributed by atoms with Crippen LogP contribution in [-0.4, -0.2) is 24.8 Å². The van der Waals surface area contributed by atoms with Gasteiger partial charge in [0, 0.05) is 42.9 Å². The predicted molar refractivity (Wildman–Crippen MR) is 145 cm³/mol. The van der Waals surface area contributed by atoms with Crippen molar-refractivity contribution in [1.29, 1.82) is 0 Å². The van der Waals surface area contributed by atoms with Crippen molar-refractivity contribution < 1.29 is 9.59 Å². The first-order valence-corrected chi connectivity index (χ1v) is 13.1. The first kappa shape index (κ1) is 25.0. The van der Waals surface area contributed by atoms with Gasteiger partial charge < -0.3 is 10.2 Å². The monoisotopic (exact) mass is 473 g/mol. The number of hydrogen-bond acceptors (Lipinski definition) is 4. The first-order chi connectivity index (χ1) is 16.8. The summed E-state index contributed by atoms with van der Waals surface area (Å²) < 4.78 is 0. The number of ketones is 1. The summed E-state index contributed by atoms with van der Waals surface area (Å²) in [5, 5.41) is 3.59. The molecule has 186 valence electrons. The maximum Gasteiger partial charge on any atom is 0.227 e. The van der Waals surface area contributed by atoms with Gasteiger partial charge in [-0.25, -0.2) is 0 Å². The van der Waals surface area contributed by atoms with Gasteiger partial charge in [0.15, 0.2) is 5.78 Å². The average molecular weight is 474 g/mol. The van der Waals surface area contributed by atoms with Gasteiger partial charge in [-0.05, 0) is 61.9 Å². The molecule has 0 saturated carbocycles. The summed E-state index contributed by atoms with van der Waals surface area (Å²) in [6, 6.07) is 16.0. The Morgan fingerprint density at radius 1 is 1.03 bits per heavy atom. The van der Waals surface area contributed by atoms with E-state index in [1.807, 2.05) is 29.2 Å². The Morgan fingerprint density at radius 2 is 1.71 bits per heavy atom. The number of nitrogens with zero attached hydrogens (tertiary/aromatic N) is 2. The molecular weight excluding hydrogens is 434 g/mol. The third-order valence-electron chi connectivity index (χ3n) is 7.25. The summed E-state index contributed by atoms with van der Waals surface area (Å²) in [6.07, 6.45) is 3.48. The molecule has 0 aromatic heterocycles. The van der Waals surface area contributed by atoms with Crippen LogP contribution in [0, 0.1) is 5.41 Å². The third-order valence-corrected chi connectivity index (χ3v) is 7.25. The van der Waals surface area contributed by atoms with Crippen LogP contribution in [0.1, 0.15) is 78.3 Å². The van der Waals surface area contributed by atoms with Crippen LogP contribution in [0.4, 0.5) is 17.1 Å². The number of amides is 1. The zero-order valence-electron chi connectivity index (χ0n) is 21.9. The lowest BCUT2D eigenvalue weighted by molar-refractivity contribution is -0.119. The summed E-state index contributed by atoms with van der Waals surface area (Å²) in [7, 11) is 0. The van der Waals surface area contributed by atoms with E-state index in [0.29, 0.717) is 12.8 Å². The van der Waals surface area contributed by atoms with Crippen LogP contribution in [0.15, 0.2) is 59.8 Å². The summed E-state index contributed by atoms with van der Waals surface area (Å²) in [4.78, 5) is 31.7. The van der Waals surface area contributed by atoms with Crippen LogP contribution in [0.5, 0.6) is 0 Å². The lowest BCUT2D eigenvalue weighted by Crippen LogP contribution is -2.39. The van der Waals surface area contributed by atoms with Gasteiger partial charge in [0.2, 0.25) is 5.91 Å². The molecule has 2 aromatic carbocycles. The highest BCUT2D eigenvalue weighted by molar-refractivity contribution is 6.06. The molecule has 0 spiro atoms. The normalized spacial score (nSPS) is 18.9. The van der Waals surface area contributed by atoms with Crippen molar-refractivity contribution in [2.45, 2.75) is 72.8 Å². The number of fused-ring (bicyclic) bond motifs is 1. The SMILES string of the molecule is CCCCC(=O)N1c2ccccc2NC2=C(C(=O)CC(C)(C)C2)[C@H]1c1ccc(N(CC)CC)cc1. The number of rotatable bonds is 7. The molecule has 5 heteroatoms. The van der Waals surface area contributed by atoms with Crippen LogP contribution in [0.3, 0.4) is 0 Å². The lowest BCUT2D eigenvalue weighted by Gasteiger charge is -2.37. The molecule has 1 N–H and O–H groups in total. The van der Waals surface area contributed by atoms with Gasteiger partial charge in [-0.1, -0.05) is 51.5 Å². The summed E-state index contributed by atoms with van der Waals surface area (Å²) in [6.45, 7) is 12.6. The number of nitrogens with one attached hydrogen (secondary N) is 1. The Morgan fingerprint density at radius 3 is 2.37 bits per heavy atom. The van der Waals surface area contributed by atoms with Crippen molar-refractivity contribution in [2.24, 2.45) is 5.41 Å². The van der Waals surface area contributed by atoms with Crippen molar-refractivity contribution in [2.75, 3.05) is 28.2 Å². The smallest absolute Gasteiger partial charge is 0.227 e. The molecule has 1 amide bonds. The molecule has 0 unspecified atom stereocenters. The van der Waals surface area contributed by atoms with E-state index in [0.717, 1.165) is 66.2 Å². The molecular formula is C30H39N3O2. The van der Waals surface area contributed by atoms with E-state index in [2.05, 4.69) is 69.1 Å². The molecule has 0 fully saturated rings. The summed E-state index contributed by atoms with van der Waals surface area (Å²) in [5.74, 6) is 0.188. The minimum absolute atomic E-state index is 0.0605. The standard InChI is InChI=1S/C30H39N3O2/c1-6-9-14-27(35)33-25-13-11-10-12-23(25)31-24-19-30(4,5)20-26(34)28(24)29(33)21-15-17-22(18-16-21)32(7-2)8-3/h10-13,15-18,29,31H,6-9,14,19-20H2,1-5H3/t29-/m1/s1. The molecule has 0 radical (unpaired) electrons. The fraction of sp³-hybridized carbons (Fsp3) is 0.467. The zero-order chi connectivity index (χ0) is 25.2. The van der Waals surface area contributed by atoms with Crippen molar-refractivity contribution in [3.8, 4) is 0 Å². The van der Waals surface area contributed by atoms with Crippen LogP contribution in [-0.2, 0) is 9.59 Å². The number of allylic oxidation sites excluding steroid dienone is 1. The molecule has 2 aliphatic rings. The number of carbonyl (C=O) groups is 2. The predicted octanol–water partition coefficient (Wildman–Crippen LogP) is 6.87. The summed E-state index contributed by atoms with van der Waals surface area (Å²) >= 11 is 0.